The van der Waals surface area contributed by atoms with Gasteiger partial charge in [0.15, 0.2) is 12.2 Å². The normalized spacial score (nSPS) is 15.3. The van der Waals surface area contributed by atoms with Crippen molar-refractivity contribution in [3.05, 3.63) is 85.0 Å². The Labute approximate surface area is 284 Å². The van der Waals surface area contributed by atoms with Gasteiger partial charge in [0.05, 0.1) is 26.4 Å². The fourth-order valence-corrected chi connectivity index (χ4v) is 5.96. The molecule has 2 atom stereocenters. The van der Waals surface area contributed by atoms with Crippen LogP contribution in [0.5, 0.6) is 11.5 Å². The van der Waals surface area contributed by atoms with Gasteiger partial charge in [0.2, 0.25) is 0 Å². The summed E-state index contributed by atoms with van der Waals surface area (Å²) in [6.07, 6.45) is 10.9. The highest BCUT2D eigenvalue weighted by Crippen LogP contribution is 2.45. The second kappa shape index (κ2) is 21.1. The number of carbonyl (C=O) groups is 2. The zero-order chi connectivity index (χ0) is 33.0. The number of ether oxygens (including phenoxy) is 6. The molecular weight excluding hydrogens is 625 g/mol. The van der Waals surface area contributed by atoms with Gasteiger partial charge in [-0.2, -0.15) is 23.5 Å². The van der Waals surface area contributed by atoms with E-state index < -0.39 is 24.1 Å². The molecule has 0 aliphatic heterocycles. The molecule has 0 aromatic heterocycles. The molecule has 1 aliphatic rings. The number of hydrogen-bond donors (Lipinski definition) is 0. The van der Waals surface area contributed by atoms with Crippen LogP contribution in [0.1, 0.15) is 44.7 Å². The topological polar surface area (TPSA) is 89.5 Å². The number of rotatable bonds is 22. The molecule has 0 radical (unpaired) electrons. The minimum atomic E-state index is -0.533. The predicted octanol–water partition coefficient (Wildman–Crippen LogP) is 6.90. The largest absolute Gasteiger partial charge is 0.490 e. The molecule has 254 valence electrons. The third-order valence-electron chi connectivity index (χ3n) is 7.76. The Morgan fingerprint density at radius 1 is 0.717 bits per heavy atom. The lowest BCUT2D eigenvalue weighted by molar-refractivity contribution is -0.148. The first kappa shape index (κ1) is 37.5. The van der Waals surface area contributed by atoms with Crippen LogP contribution < -0.4 is 9.47 Å². The monoisotopic (exact) mass is 674 g/mol. The molecule has 1 saturated carbocycles. The van der Waals surface area contributed by atoms with Crippen LogP contribution in [0, 0.1) is 0 Å². The Morgan fingerprint density at radius 3 is 1.50 bits per heavy atom. The Hall–Kier alpha value is -2.92. The second-order valence-corrected chi connectivity index (χ2v) is 12.9. The highest BCUT2D eigenvalue weighted by molar-refractivity contribution is 7.98. The summed E-state index contributed by atoms with van der Waals surface area (Å²) >= 11 is 3.39. The van der Waals surface area contributed by atoms with Crippen molar-refractivity contribution in [1.29, 1.82) is 0 Å². The van der Waals surface area contributed by atoms with E-state index in [9.17, 15) is 9.59 Å². The highest BCUT2D eigenvalue weighted by atomic mass is 32.2. The van der Waals surface area contributed by atoms with E-state index in [-0.39, 0.29) is 33.3 Å². The summed E-state index contributed by atoms with van der Waals surface area (Å²) in [5.41, 5.74) is 2.36. The van der Waals surface area contributed by atoms with Crippen molar-refractivity contribution in [3.8, 4) is 11.5 Å². The molecule has 2 aromatic rings. The summed E-state index contributed by atoms with van der Waals surface area (Å²) in [4.78, 5) is 23.6. The average molecular weight is 675 g/mol. The van der Waals surface area contributed by atoms with E-state index in [1.807, 2.05) is 36.8 Å². The van der Waals surface area contributed by atoms with Gasteiger partial charge in [-0.15, -0.1) is 0 Å². The van der Waals surface area contributed by atoms with Crippen molar-refractivity contribution in [2.75, 3.05) is 63.7 Å². The molecule has 1 fully saturated rings. The molecule has 0 amide bonds. The standard InChI is InChI=1S/C36H48O8S2.H2/c1-5-34(37)43-32(24-39-20-22-45-3)26-41-30-14-10-28(11-15-30)36(18-8-7-9-19-36)29-12-16-31(17-13-29)42-27-33(44-35(38)6-2)25-40-21-23-46-4;/h5-6,10-17,32-33H,1-2,7-9,18-27H2,3-4H3;1H. The molecule has 0 saturated heterocycles. The molecule has 2 unspecified atom stereocenters. The van der Waals surface area contributed by atoms with E-state index in [1.54, 1.807) is 23.5 Å². The van der Waals surface area contributed by atoms with Gasteiger partial charge in [0, 0.05) is 30.5 Å². The molecule has 0 heterocycles. The van der Waals surface area contributed by atoms with Crippen molar-refractivity contribution < 1.29 is 39.4 Å². The molecule has 10 heteroatoms. The van der Waals surface area contributed by atoms with Crippen LogP contribution in [0.2, 0.25) is 0 Å². The zero-order valence-corrected chi connectivity index (χ0v) is 28.8. The molecular formula is C36H50O8S2. The summed E-state index contributed by atoms with van der Waals surface area (Å²) in [6.45, 7) is 9.00. The first-order chi connectivity index (χ1) is 22.4. The number of hydrogen-bond acceptors (Lipinski definition) is 10. The van der Waals surface area contributed by atoms with Gasteiger partial charge in [0.1, 0.15) is 24.7 Å². The molecule has 3 rings (SSSR count). The summed E-state index contributed by atoms with van der Waals surface area (Å²) in [6, 6.07) is 16.5. The first-order valence-electron chi connectivity index (χ1n) is 15.7. The molecule has 0 N–H and O–H groups in total. The Balaban J connectivity index is 0.00000768. The SMILES string of the molecule is C=CC(=O)OC(COCCSC)COc1ccc(C2(c3ccc(OCC(COCCSC)OC(=O)C=C)cc3)CCCCC2)cc1.[HH]. The van der Waals surface area contributed by atoms with Crippen LogP contribution in [0.15, 0.2) is 73.8 Å². The molecule has 0 spiro atoms. The third-order valence-corrected chi connectivity index (χ3v) is 8.91. The maximum Gasteiger partial charge on any atom is 0.330 e. The molecule has 46 heavy (non-hydrogen) atoms. The van der Waals surface area contributed by atoms with Crippen LogP contribution in [0.4, 0.5) is 0 Å². The number of carbonyl (C=O) groups excluding carboxylic acids is 2. The lowest BCUT2D eigenvalue weighted by atomic mass is 9.65. The predicted molar refractivity (Wildman–Crippen MR) is 188 cm³/mol. The zero-order valence-electron chi connectivity index (χ0n) is 27.1. The van der Waals surface area contributed by atoms with Crippen LogP contribution in [0.3, 0.4) is 0 Å². The second-order valence-electron chi connectivity index (χ2n) is 11.0. The van der Waals surface area contributed by atoms with Gasteiger partial charge in [-0.3, -0.25) is 0 Å². The van der Waals surface area contributed by atoms with Crippen molar-refractivity contribution in [3.63, 3.8) is 0 Å². The summed E-state index contributed by atoms with van der Waals surface area (Å²) in [5, 5.41) is 0. The third kappa shape index (κ3) is 12.4. The van der Waals surface area contributed by atoms with Crippen molar-refractivity contribution in [2.45, 2.75) is 49.7 Å². The maximum atomic E-state index is 11.8. The molecule has 0 bridgehead atoms. The van der Waals surface area contributed by atoms with Gasteiger partial charge in [-0.1, -0.05) is 56.7 Å². The van der Waals surface area contributed by atoms with E-state index in [4.69, 9.17) is 28.4 Å². The van der Waals surface area contributed by atoms with Gasteiger partial charge in [0.25, 0.3) is 0 Å². The van der Waals surface area contributed by atoms with Crippen LogP contribution in [0.25, 0.3) is 0 Å². The Bertz CT molecular complexity index is 1110. The Kier molecular flexibility index (Phi) is 17.2. The smallest absolute Gasteiger partial charge is 0.330 e. The summed E-state index contributed by atoms with van der Waals surface area (Å²) < 4.78 is 34.2. The lowest BCUT2D eigenvalue weighted by Crippen LogP contribution is -2.31. The van der Waals surface area contributed by atoms with Gasteiger partial charge < -0.3 is 28.4 Å². The summed E-state index contributed by atoms with van der Waals surface area (Å²) in [7, 11) is 0. The highest BCUT2D eigenvalue weighted by Gasteiger charge is 2.35. The van der Waals surface area contributed by atoms with E-state index >= 15 is 0 Å². The number of esters is 2. The number of benzene rings is 2. The molecule has 2 aromatic carbocycles. The van der Waals surface area contributed by atoms with E-state index in [0.717, 1.165) is 49.3 Å². The van der Waals surface area contributed by atoms with Crippen LogP contribution >= 0.6 is 23.5 Å². The minimum absolute atomic E-state index is 0. The van der Waals surface area contributed by atoms with Crippen molar-refractivity contribution in [1.82, 2.24) is 0 Å². The first-order valence-corrected chi connectivity index (χ1v) is 18.5. The number of thioether (sulfide) groups is 2. The quantitative estimate of drug-likeness (QED) is 0.0747. The molecule has 8 nitrogen and oxygen atoms in total. The van der Waals surface area contributed by atoms with Crippen molar-refractivity contribution in [2.24, 2.45) is 0 Å². The van der Waals surface area contributed by atoms with E-state index in [1.165, 1.54) is 17.5 Å². The maximum absolute atomic E-state index is 11.8. The lowest BCUT2D eigenvalue weighted by Gasteiger charge is -2.39. The fourth-order valence-electron chi connectivity index (χ4n) is 5.39. The van der Waals surface area contributed by atoms with Gasteiger partial charge in [-0.25, -0.2) is 9.59 Å². The van der Waals surface area contributed by atoms with Crippen LogP contribution in [-0.2, 0) is 34.0 Å². The van der Waals surface area contributed by atoms with E-state index in [0.29, 0.717) is 24.7 Å². The fraction of sp³-hybridized carbons (Fsp3) is 0.500. The van der Waals surface area contributed by atoms with Gasteiger partial charge >= 0.3 is 11.9 Å². The minimum Gasteiger partial charge on any atom is -0.490 e. The average Bonchev–Trinajstić information content (AvgIpc) is 3.10. The van der Waals surface area contributed by atoms with Crippen LogP contribution in [-0.4, -0.2) is 87.8 Å². The molecule has 1 aliphatic carbocycles. The van der Waals surface area contributed by atoms with Crippen molar-refractivity contribution >= 4 is 35.5 Å². The van der Waals surface area contributed by atoms with E-state index in [2.05, 4.69) is 37.4 Å². The summed E-state index contributed by atoms with van der Waals surface area (Å²) in [5.74, 6) is 2.13. The van der Waals surface area contributed by atoms with Gasteiger partial charge in [-0.05, 0) is 60.7 Å². The Morgan fingerprint density at radius 2 is 1.13 bits per heavy atom.